The van der Waals surface area contributed by atoms with Crippen molar-refractivity contribution in [3.05, 3.63) is 35.4 Å². The van der Waals surface area contributed by atoms with Crippen molar-refractivity contribution in [3.63, 3.8) is 0 Å². The molecule has 2 rings (SSSR count). The number of amides is 1. The monoisotopic (exact) mass is 361 g/mol. The maximum Gasteiger partial charge on any atom is 0.243 e. The Morgan fingerprint density at radius 2 is 1.96 bits per heavy atom. The molecule has 0 bridgehead atoms. The van der Waals surface area contributed by atoms with Gasteiger partial charge in [0.1, 0.15) is 6.04 Å². The largest absolute Gasteiger partial charge is 0.343 e. The Bertz CT molecular complexity index is 481. The predicted octanol–water partition coefficient (Wildman–Crippen LogP) is 2.78. The van der Waals surface area contributed by atoms with Crippen LogP contribution in [0.4, 0.5) is 0 Å². The number of halogens is 2. The standard InChI is InChI=1S/C17H27N3O.2ClH/c1-4-20-11-5-6-15(20)12-19(3)17(21)16(18)14-9-7-13(2)8-10-14;;/h7-10,15-16H,4-6,11-12,18H2,1-3H3;2*1H. The number of likely N-dealkylation sites (N-methyl/N-ethyl adjacent to an activating group) is 2. The van der Waals surface area contributed by atoms with Crippen LogP contribution in [0.2, 0.25) is 0 Å². The zero-order valence-corrected chi connectivity index (χ0v) is 15.8. The highest BCUT2D eigenvalue weighted by Crippen LogP contribution is 2.19. The molecule has 132 valence electrons. The molecule has 2 N–H and O–H groups in total. The summed E-state index contributed by atoms with van der Waals surface area (Å²) in [7, 11) is 1.86. The van der Waals surface area contributed by atoms with E-state index < -0.39 is 6.04 Å². The number of carbonyl (C=O) groups is 1. The second-order valence-electron chi connectivity index (χ2n) is 6.03. The van der Waals surface area contributed by atoms with Gasteiger partial charge in [-0.15, -0.1) is 24.8 Å². The maximum atomic E-state index is 12.5. The second kappa shape index (κ2) is 10.1. The number of benzene rings is 1. The quantitative estimate of drug-likeness (QED) is 0.876. The van der Waals surface area contributed by atoms with Crippen molar-refractivity contribution < 1.29 is 4.79 Å². The second-order valence-corrected chi connectivity index (χ2v) is 6.03. The lowest BCUT2D eigenvalue weighted by atomic mass is 10.0. The lowest BCUT2D eigenvalue weighted by Crippen LogP contribution is -2.44. The molecular formula is C17H29Cl2N3O. The van der Waals surface area contributed by atoms with Crippen LogP contribution in [0.1, 0.15) is 36.9 Å². The highest BCUT2D eigenvalue weighted by Gasteiger charge is 2.27. The molecule has 1 aromatic carbocycles. The highest BCUT2D eigenvalue weighted by molar-refractivity contribution is 5.85. The number of rotatable bonds is 5. The van der Waals surface area contributed by atoms with E-state index in [-0.39, 0.29) is 30.7 Å². The molecule has 1 saturated heterocycles. The smallest absolute Gasteiger partial charge is 0.243 e. The Kier molecular flexibility index (Phi) is 9.78. The molecule has 1 fully saturated rings. The molecule has 1 aromatic rings. The van der Waals surface area contributed by atoms with Crippen LogP contribution < -0.4 is 5.73 Å². The van der Waals surface area contributed by atoms with Crippen molar-refractivity contribution in [2.45, 2.75) is 38.8 Å². The normalized spacial score (nSPS) is 18.7. The minimum Gasteiger partial charge on any atom is -0.343 e. The summed E-state index contributed by atoms with van der Waals surface area (Å²) in [5.41, 5.74) is 8.19. The first-order valence-electron chi connectivity index (χ1n) is 7.84. The lowest BCUT2D eigenvalue weighted by Gasteiger charge is -2.29. The van der Waals surface area contributed by atoms with Gasteiger partial charge < -0.3 is 10.6 Å². The zero-order chi connectivity index (χ0) is 15.4. The molecule has 2 atom stereocenters. The summed E-state index contributed by atoms with van der Waals surface area (Å²) in [6.07, 6.45) is 2.40. The van der Waals surface area contributed by atoms with Gasteiger partial charge in [-0.2, -0.15) is 0 Å². The SMILES string of the molecule is CCN1CCCC1CN(C)C(=O)C(N)c1ccc(C)cc1.Cl.Cl. The van der Waals surface area contributed by atoms with Crippen LogP contribution in [-0.4, -0.2) is 48.4 Å². The summed E-state index contributed by atoms with van der Waals surface area (Å²) >= 11 is 0. The van der Waals surface area contributed by atoms with Gasteiger partial charge in [0.2, 0.25) is 5.91 Å². The van der Waals surface area contributed by atoms with Crippen LogP contribution in [0.25, 0.3) is 0 Å². The number of carbonyl (C=O) groups excluding carboxylic acids is 1. The number of hydrogen-bond acceptors (Lipinski definition) is 3. The van der Waals surface area contributed by atoms with E-state index in [0.717, 1.165) is 25.2 Å². The van der Waals surface area contributed by atoms with Gasteiger partial charge in [0.25, 0.3) is 0 Å². The van der Waals surface area contributed by atoms with E-state index in [1.807, 2.05) is 38.2 Å². The Balaban J connectivity index is 0.00000242. The number of aryl methyl sites for hydroxylation is 1. The molecule has 0 saturated carbocycles. The summed E-state index contributed by atoms with van der Waals surface area (Å²) in [6.45, 7) is 7.18. The van der Waals surface area contributed by atoms with Crippen LogP contribution in [0.3, 0.4) is 0 Å². The molecule has 0 aromatic heterocycles. The van der Waals surface area contributed by atoms with E-state index in [1.165, 1.54) is 18.4 Å². The molecular weight excluding hydrogens is 333 g/mol. The van der Waals surface area contributed by atoms with Gasteiger partial charge >= 0.3 is 0 Å². The Morgan fingerprint density at radius 3 is 2.52 bits per heavy atom. The number of nitrogens with zero attached hydrogens (tertiary/aromatic N) is 2. The average Bonchev–Trinajstić information content (AvgIpc) is 2.93. The van der Waals surface area contributed by atoms with E-state index in [4.69, 9.17) is 5.73 Å². The van der Waals surface area contributed by atoms with Crippen LogP contribution in [-0.2, 0) is 4.79 Å². The van der Waals surface area contributed by atoms with Gasteiger partial charge in [0.05, 0.1) is 0 Å². The van der Waals surface area contributed by atoms with Gasteiger partial charge in [0.15, 0.2) is 0 Å². The fraction of sp³-hybridized carbons (Fsp3) is 0.588. The Labute approximate surface area is 152 Å². The van der Waals surface area contributed by atoms with Crippen molar-refractivity contribution in [2.75, 3.05) is 26.7 Å². The molecule has 6 heteroatoms. The fourth-order valence-corrected chi connectivity index (χ4v) is 3.08. The molecule has 1 aliphatic rings. The third-order valence-electron chi connectivity index (χ3n) is 4.47. The maximum absolute atomic E-state index is 12.5. The zero-order valence-electron chi connectivity index (χ0n) is 14.2. The van der Waals surface area contributed by atoms with Crippen molar-refractivity contribution in [1.82, 2.24) is 9.80 Å². The van der Waals surface area contributed by atoms with E-state index in [9.17, 15) is 4.79 Å². The molecule has 1 aliphatic heterocycles. The summed E-state index contributed by atoms with van der Waals surface area (Å²) in [6, 6.07) is 7.80. The average molecular weight is 362 g/mol. The topological polar surface area (TPSA) is 49.6 Å². The molecule has 0 aliphatic carbocycles. The summed E-state index contributed by atoms with van der Waals surface area (Å²) < 4.78 is 0. The van der Waals surface area contributed by atoms with E-state index in [1.54, 1.807) is 4.90 Å². The summed E-state index contributed by atoms with van der Waals surface area (Å²) in [5.74, 6) is 0.00167. The van der Waals surface area contributed by atoms with Crippen LogP contribution in [0.15, 0.2) is 24.3 Å². The molecule has 4 nitrogen and oxygen atoms in total. The summed E-state index contributed by atoms with van der Waals surface area (Å²) in [5, 5.41) is 0. The Morgan fingerprint density at radius 1 is 1.35 bits per heavy atom. The predicted molar refractivity (Wildman–Crippen MR) is 101 cm³/mol. The van der Waals surface area contributed by atoms with E-state index >= 15 is 0 Å². The molecule has 0 spiro atoms. The molecule has 1 amide bonds. The third-order valence-corrected chi connectivity index (χ3v) is 4.47. The molecule has 0 radical (unpaired) electrons. The third kappa shape index (κ3) is 5.64. The van der Waals surface area contributed by atoms with Crippen LogP contribution >= 0.6 is 24.8 Å². The summed E-state index contributed by atoms with van der Waals surface area (Å²) in [4.78, 5) is 16.7. The van der Waals surface area contributed by atoms with Crippen molar-refractivity contribution >= 4 is 30.7 Å². The first kappa shape index (κ1) is 22.2. The molecule has 2 unspecified atom stereocenters. The van der Waals surface area contributed by atoms with Gasteiger partial charge in [-0.3, -0.25) is 9.69 Å². The first-order chi connectivity index (χ1) is 10.0. The first-order valence-corrected chi connectivity index (χ1v) is 7.84. The van der Waals surface area contributed by atoms with Crippen LogP contribution in [0.5, 0.6) is 0 Å². The number of nitrogens with two attached hydrogens (primary N) is 1. The van der Waals surface area contributed by atoms with E-state index in [2.05, 4.69) is 11.8 Å². The van der Waals surface area contributed by atoms with Gasteiger partial charge in [-0.1, -0.05) is 36.8 Å². The van der Waals surface area contributed by atoms with Gasteiger partial charge in [-0.25, -0.2) is 0 Å². The Hall–Kier alpha value is -0.810. The molecule has 1 heterocycles. The minimum absolute atomic E-state index is 0. The highest BCUT2D eigenvalue weighted by atomic mass is 35.5. The lowest BCUT2D eigenvalue weighted by molar-refractivity contribution is -0.132. The van der Waals surface area contributed by atoms with Gasteiger partial charge in [-0.05, 0) is 38.4 Å². The number of hydrogen-bond donors (Lipinski definition) is 1. The molecule has 23 heavy (non-hydrogen) atoms. The fourth-order valence-electron chi connectivity index (χ4n) is 3.08. The number of likely N-dealkylation sites (tertiary alicyclic amines) is 1. The van der Waals surface area contributed by atoms with Crippen LogP contribution in [0, 0.1) is 6.92 Å². The minimum atomic E-state index is -0.563. The van der Waals surface area contributed by atoms with E-state index in [0.29, 0.717) is 6.04 Å². The van der Waals surface area contributed by atoms with Crippen molar-refractivity contribution in [1.29, 1.82) is 0 Å². The van der Waals surface area contributed by atoms with Crippen molar-refractivity contribution in [2.24, 2.45) is 5.73 Å². The van der Waals surface area contributed by atoms with Gasteiger partial charge in [0, 0.05) is 19.6 Å². The van der Waals surface area contributed by atoms with Crippen molar-refractivity contribution in [3.8, 4) is 0 Å².